The third-order valence-electron chi connectivity index (χ3n) is 6.28. The first kappa shape index (κ1) is 33.0. The van der Waals surface area contributed by atoms with Gasteiger partial charge in [-0.2, -0.15) is 0 Å². The third-order valence-corrected chi connectivity index (χ3v) is 6.28. The predicted molar refractivity (Wildman–Crippen MR) is 153 cm³/mol. The van der Waals surface area contributed by atoms with Gasteiger partial charge in [0.1, 0.15) is 11.5 Å². The maximum Gasteiger partial charge on any atom is 0.339 e. The van der Waals surface area contributed by atoms with E-state index in [1.807, 2.05) is 6.92 Å². The van der Waals surface area contributed by atoms with Gasteiger partial charge in [-0.1, -0.05) is 103 Å². The zero-order chi connectivity index (χ0) is 28.0. The number of phenols is 2. The molecule has 6 nitrogen and oxygen atoms in total. The number of carbonyl (C=O) groups excluding carboxylic acids is 2. The summed E-state index contributed by atoms with van der Waals surface area (Å²) in [5, 5.41) is 18.0. The van der Waals surface area contributed by atoms with Crippen LogP contribution in [0.4, 0.5) is 0 Å². The Bertz CT molecular complexity index is 875. The van der Waals surface area contributed by atoms with Crippen molar-refractivity contribution in [3.05, 3.63) is 59.2 Å². The molecular weight excluding hydrogens is 480 g/mol. The minimum atomic E-state index is -0.444. The Balaban J connectivity index is 0.000000600. The van der Waals surface area contributed by atoms with E-state index < -0.39 is 11.9 Å². The summed E-state index contributed by atoms with van der Waals surface area (Å²) >= 11 is 0. The number of rotatable bonds is 17. The Morgan fingerprint density at radius 3 is 1.50 bits per heavy atom. The number of esters is 2. The number of phenolic OH excluding ortho intramolecular Hbond substituents is 2. The van der Waals surface area contributed by atoms with Crippen LogP contribution in [0.2, 0.25) is 0 Å². The normalized spacial score (nSPS) is 10.4. The van der Waals surface area contributed by atoms with Gasteiger partial charge in [-0.3, -0.25) is 0 Å². The average molecular weight is 529 g/mol. The fraction of sp³-hybridized carbons (Fsp3) is 0.562. The third kappa shape index (κ3) is 14.1. The Labute approximate surface area is 229 Å². The van der Waals surface area contributed by atoms with Crippen LogP contribution < -0.4 is 0 Å². The smallest absolute Gasteiger partial charge is 0.339 e. The van der Waals surface area contributed by atoms with E-state index in [0.717, 1.165) is 37.7 Å². The molecule has 0 heterocycles. The van der Waals surface area contributed by atoms with Crippen LogP contribution in [0, 0.1) is 0 Å². The van der Waals surface area contributed by atoms with Gasteiger partial charge in [0.15, 0.2) is 0 Å². The van der Waals surface area contributed by atoms with Crippen LogP contribution in [0.5, 0.6) is 11.5 Å². The number of hydrogen-bond donors (Lipinski definition) is 2. The Hall–Kier alpha value is -3.02. The molecule has 0 aliphatic rings. The fourth-order valence-corrected chi connectivity index (χ4v) is 3.94. The Morgan fingerprint density at radius 1 is 0.632 bits per heavy atom. The standard InChI is InChI=1S/C24H38O4.C8H10O2/c1-3-5-7-9-11-15-19-27-23(25)21-17-13-14-18-22(21)24(26)28-20-16-12-10-8-6-4-2;1-2-6-3-4-7(9)5-8(6)10/h13-14,17-18H,3-12,15-16,19-20H2,1-2H3;3-5,9-10H,2H2,1H3. The van der Waals surface area contributed by atoms with Crippen LogP contribution in [-0.2, 0) is 15.9 Å². The molecule has 0 radical (unpaired) electrons. The van der Waals surface area contributed by atoms with Gasteiger partial charge in [-0.25, -0.2) is 9.59 Å². The molecule has 212 valence electrons. The van der Waals surface area contributed by atoms with Gasteiger partial charge in [0.25, 0.3) is 0 Å². The molecule has 0 atom stereocenters. The predicted octanol–water partition coefficient (Wildman–Crippen LogP) is 8.38. The molecule has 38 heavy (non-hydrogen) atoms. The van der Waals surface area contributed by atoms with Gasteiger partial charge in [-0.05, 0) is 43.0 Å². The second kappa shape index (κ2) is 21.0. The number of hydrogen-bond acceptors (Lipinski definition) is 6. The van der Waals surface area contributed by atoms with Gasteiger partial charge < -0.3 is 19.7 Å². The molecule has 0 aromatic heterocycles. The van der Waals surface area contributed by atoms with Gasteiger partial charge in [0.05, 0.1) is 24.3 Å². The lowest BCUT2D eigenvalue weighted by Crippen LogP contribution is -2.15. The Kier molecular flexibility index (Phi) is 18.2. The van der Waals surface area contributed by atoms with Gasteiger partial charge in [0, 0.05) is 6.07 Å². The molecule has 0 bridgehead atoms. The molecule has 6 heteroatoms. The summed E-state index contributed by atoms with van der Waals surface area (Å²) in [6.07, 6.45) is 14.4. The molecule has 2 rings (SSSR count). The zero-order valence-electron chi connectivity index (χ0n) is 23.7. The van der Waals surface area contributed by atoms with Crippen molar-refractivity contribution in [1.82, 2.24) is 0 Å². The minimum absolute atomic E-state index is 0.106. The highest BCUT2D eigenvalue weighted by molar-refractivity contribution is 6.03. The van der Waals surface area contributed by atoms with Gasteiger partial charge in [0.2, 0.25) is 0 Å². The van der Waals surface area contributed by atoms with E-state index in [0.29, 0.717) is 24.3 Å². The van der Waals surface area contributed by atoms with Crippen molar-refractivity contribution in [2.75, 3.05) is 13.2 Å². The number of unbranched alkanes of at least 4 members (excludes halogenated alkanes) is 10. The fourth-order valence-electron chi connectivity index (χ4n) is 3.94. The molecule has 2 aromatic rings. The quantitative estimate of drug-likeness (QED) is 0.158. The number of benzene rings is 2. The lowest BCUT2D eigenvalue weighted by Gasteiger charge is -2.10. The summed E-state index contributed by atoms with van der Waals surface area (Å²) in [4.78, 5) is 24.7. The molecule has 2 N–H and O–H groups in total. The SMILES string of the molecule is CCCCCCCCOC(=O)c1ccccc1C(=O)OCCCCCCCC.CCc1ccc(O)cc1O. The van der Waals surface area contributed by atoms with Crippen LogP contribution in [0.15, 0.2) is 42.5 Å². The van der Waals surface area contributed by atoms with Crippen LogP contribution in [0.1, 0.15) is 124 Å². The lowest BCUT2D eigenvalue weighted by molar-refractivity contribution is 0.0450. The first-order chi connectivity index (χ1) is 18.4. The number of aryl methyl sites for hydroxylation is 1. The monoisotopic (exact) mass is 528 g/mol. The average Bonchev–Trinajstić information content (AvgIpc) is 2.92. The summed E-state index contributed by atoms with van der Waals surface area (Å²) < 4.78 is 10.7. The molecule has 2 aromatic carbocycles. The van der Waals surface area contributed by atoms with Gasteiger partial charge in [-0.15, -0.1) is 0 Å². The van der Waals surface area contributed by atoms with Crippen molar-refractivity contribution in [2.24, 2.45) is 0 Å². The molecule has 0 aliphatic carbocycles. The first-order valence-corrected chi connectivity index (χ1v) is 14.4. The van der Waals surface area contributed by atoms with Crippen LogP contribution in [-0.4, -0.2) is 35.4 Å². The highest BCUT2D eigenvalue weighted by Crippen LogP contribution is 2.22. The van der Waals surface area contributed by atoms with Crippen LogP contribution >= 0.6 is 0 Å². The molecule has 0 fully saturated rings. The number of aromatic hydroxyl groups is 2. The molecule has 0 saturated heterocycles. The molecule has 0 aliphatic heterocycles. The van der Waals surface area contributed by atoms with Crippen molar-refractivity contribution >= 4 is 11.9 Å². The van der Waals surface area contributed by atoms with Gasteiger partial charge >= 0.3 is 11.9 Å². The summed E-state index contributed by atoms with van der Waals surface area (Å²) in [6, 6.07) is 11.4. The molecule has 0 saturated carbocycles. The maximum atomic E-state index is 12.4. The largest absolute Gasteiger partial charge is 0.508 e. The van der Waals surface area contributed by atoms with Crippen LogP contribution in [0.3, 0.4) is 0 Å². The summed E-state index contributed by atoms with van der Waals surface area (Å²) in [6.45, 7) is 7.12. The van der Waals surface area contributed by atoms with E-state index in [9.17, 15) is 9.59 Å². The highest BCUT2D eigenvalue weighted by atomic mass is 16.5. The van der Waals surface area contributed by atoms with Crippen molar-refractivity contribution < 1.29 is 29.3 Å². The minimum Gasteiger partial charge on any atom is -0.508 e. The van der Waals surface area contributed by atoms with E-state index in [1.165, 1.54) is 57.4 Å². The van der Waals surface area contributed by atoms with Crippen molar-refractivity contribution in [2.45, 2.75) is 104 Å². The van der Waals surface area contributed by atoms with E-state index in [1.54, 1.807) is 36.4 Å². The van der Waals surface area contributed by atoms with E-state index >= 15 is 0 Å². The van der Waals surface area contributed by atoms with Crippen molar-refractivity contribution in [1.29, 1.82) is 0 Å². The molecule has 0 spiro atoms. The molecular formula is C32H48O6. The van der Waals surface area contributed by atoms with Crippen LogP contribution in [0.25, 0.3) is 0 Å². The Morgan fingerprint density at radius 2 is 1.08 bits per heavy atom. The molecule has 0 amide bonds. The number of carbonyl (C=O) groups is 2. The van der Waals surface area contributed by atoms with E-state index in [2.05, 4.69) is 13.8 Å². The molecule has 0 unspecified atom stereocenters. The first-order valence-electron chi connectivity index (χ1n) is 14.4. The van der Waals surface area contributed by atoms with E-state index in [4.69, 9.17) is 19.7 Å². The lowest BCUT2D eigenvalue weighted by atomic mass is 10.1. The van der Waals surface area contributed by atoms with Crippen molar-refractivity contribution in [3.63, 3.8) is 0 Å². The van der Waals surface area contributed by atoms with E-state index in [-0.39, 0.29) is 11.5 Å². The zero-order valence-corrected chi connectivity index (χ0v) is 23.7. The topological polar surface area (TPSA) is 93.1 Å². The highest BCUT2D eigenvalue weighted by Gasteiger charge is 2.18. The second-order valence-electron chi connectivity index (χ2n) is 9.52. The summed E-state index contributed by atoms with van der Waals surface area (Å²) in [7, 11) is 0. The van der Waals surface area contributed by atoms with Crippen molar-refractivity contribution in [3.8, 4) is 11.5 Å². The number of ether oxygens (including phenoxy) is 2. The summed E-state index contributed by atoms with van der Waals surface area (Å²) in [5.74, 6) is -0.612. The maximum absolute atomic E-state index is 12.4. The second-order valence-corrected chi connectivity index (χ2v) is 9.52. The summed E-state index contributed by atoms with van der Waals surface area (Å²) in [5.41, 5.74) is 1.45.